The van der Waals surface area contributed by atoms with Crippen molar-refractivity contribution < 1.29 is 9.53 Å². The van der Waals surface area contributed by atoms with Gasteiger partial charge in [0, 0.05) is 19.3 Å². The summed E-state index contributed by atoms with van der Waals surface area (Å²) in [5.74, 6) is 0. The Morgan fingerprint density at radius 2 is 1.55 bits per heavy atom. The van der Waals surface area contributed by atoms with Crippen molar-refractivity contribution in [2.45, 2.75) is 13.2 Å². The Morgan fingerprint density at radius 1 is 0.909 bits per heavy atom. The molecule has 0 spiro atoms. The molecule has 4 heteroatoms. The number of ether oxygens (including phenoxy) is 1. The molecule has 0 atom stereocenters. The third-order valence-corrected chi connectivity index (χ3v) is 3.30. The van der Waals surface area contributed by atoms with Gasteiger partial charge in [0.1, 0.15) is 6.61 Å². The summed E-state index contributed by atoms with van der Waals surface area (Å²) in [5.41, 5.74) is 3.01. The maximum atomic E-state index is 12.1. The monoisotopic (exact) mass is 298 g/mol. The zero-order valence-corrected chi connectivity index (χ0v) is 13.3. The SMILES string of the molecule is CN(C)Cc1ccc(N(C)C(=O)OCc2ccccc2)cc1. The van der Waals surface area contributed by atoms with E-state index >= 15 is 0 Å². The average molecular weight is 298 g/mol. The van der Waals surface area contributed by atoms with Crippen LogP contribution >= 0.6 is 0 Å². The summed E-state index contributed by atoms with van der Waals surface area (Å²) in [4.78, 5) is 15.7. The zero-order chi connectivity index (χ0) is 15.9. The number of anilines is 1. The molecule has 0 aromatic heterocycles. The molecule has 0 heterocycles. The minimum atomic E-state index is -0.357. The van der Waals surface area contributed by atoms with Gasteiger partial charge in [0.2, 0.25) is 0 Å². The Morgan fingerprint density at radius 3 is 2.14 bits per heavy atom. The topological polar surface area (TPSA) is 32.8 Å². The smallest absolute Gasteiger partial charge is 0.414 e. The number of amides is 1. The summed E-state index contributed by atoms with van der Waals surface area (Å²) >= 11 is 0. The van der Waals surface area contributed by atoms with E-state index in [2.05, 4.69) is 4.90 Å². The number of carbonyl (C=O) groups is 1. The van der Waals surface area contributed by atoms with Gasteiger partial charge in [0.05, 0.1) is 0 Å². The summed E-state index contributed by atoms with van der Waals surface area (Å²) in [7, 11) is 5.77. The van der Waals surface area contributed by atoms with Crippen molar-refractivity contribution in [3.8, 4) is 0 Å². The van der Waals surface area contributed by atoms with Gasteiger partial charge in [0.15, 0.2) is 0 Å². The van der Waals surface area contributed by atoms with Gasteiger partial charge in [-0.2, -0.15) is 0 Å². The van der Waals surface area contributed by atoms with E-state index in [1.165, 1.54) is 10.5 Å². The van der Waals surface area contributed by atoms with Gasteiger partial charge in [-0.1, -0.05) is 42.5 Å². The Hall–Kier alpha value is -2.33. The molecular formula is C18H22N2O2. The second kappa shape index (κ2) is 7.61. The van der Waals surface area contributed by atoms with Crippen LogP contribution in [0.3, 0.4) is 0 Å². The summed E-state index contributed by atoms with van der Waals surface area (Å²) in [6.45, 7) is 1.16. The molecule has 0 N–H and O–H groups in total. The molecule has 2 aromatic rings. The molecule has 0 radical (unpaired) electrons. The second-order valence-corrected chi connectivity index (χ2v) is 5.50. The number of carbonyl (C=O) groups excluding carboxylic acids is 1. The van der Waals surface area contributed by atoms with Crippen LogP contribution in [0.5, 0.6) is 0 Å². The molecule has 2 rings (SSSR count). The molecule has 0 fully saturated rings. The lowest BCUT2D eigenvalue weighted by Gasteiger charge is -2.18. The van der Waals surface area contributed by atoms with Crippen LogP contribution in [0.15, 0.2) is 54.6 Å². The summed E-state index contributed by atoms with van der Waals surface area (Å²) < 4.78 is 5.32. The molecule has 4 nitrogen and oxygen atoms in total. The van der Waals surface area contributed by atoms with Crippen LogP contribution in [-0.2, 0) is 17.9 Å². The quantitative estimate of drug-likeness (QED) is 0.846. The lowest BCUT2D eigenvalue weighted by molar-refractivity contribution is 0.148. The molecule has 0 unspecified atom stereocenters. The highest BCUT2D eigenvalue weighted by Gasteiger charge is 2.12. The van der Waals surface area contributed by atoms with Crippen molar-refractivity contribution in [2.24, 2.45) is 0 Å². The normalized spacial score (nSPS) is 10.5. The molecular weight excluding hydrogens is 276 g/mol. The predicted octanol–water partition coefficient (Wildman–Crippen LogP) is 3.52. The fourth-order valence-corrected chi connectivity index (χ4v) is 2.11. The van der Waals surface area contributed by atoms with Crippen LogP contribution in [0.1, 0.15) is 11.1 Å². The Bertz CT molecular complexity index is 594. The van der Waals surface area contributed by atoms with E-state index in [9.17, 15) is 4.79 Å². The van der Waals surface area contributed by atoms with E-state index in [0.29, 0.717) is 0 Å². The zero-order valence-electron chi connectivity index (χ0n) is 13.3. The van der Waals surface area contributed by atoms with Gasteiger partial charge in [-0.15, -0.1) is 0 Å². The van der Waals surface area contributed by atoms with Crippen molar-refractivity contribution in [2.75, 3.05) is 26.0 Å². The van der Waals surface area contributed by atoms with Gasteiger partial charge in [0.25, 0.3) is 0 Å². The third-order valence-electron chi connectivity index (χ3n) is 3.30. The van der Waals surface area contributed by atoms with Gasteiger partial charge < -0.3 is 9.64 Å². The first-order valence-electron chi connectivity index (χ1n) is 7.24. The molecule has 0 aliphatic rings. The highest BCUT2D eigenvalue weighted by Crippen LogP contribution is 2.16. The van der Waals surface area contributed by atoms with Crippen LogP contribution in [0.25, 0.3) is 0 Å². The molecule has 0 saturated carbocycles. The van der Waals surface area contributed by atoms with E-state index < -0.39 is 0 Å². The van der Waals surface area contributed by atoms with Crippen molar-refractivity contribution >= 4 is 11.8 Å². The maximum absolute atomic E-state index is 12.1. The first-order chi connectivity index (χ1) is 10.6. The maximum Gasteiger partial charge on any atom is 0.414 e. The number of nitrogens with zero attached hydrogens (tertiary/aromatic N) is 2. The van der Waals surface area contributed by atoms with Gasteiger partial charge >= 0.3 is 6.09 Å². The largest absolute Gasteiger partial charge is 0.444 e. The molecule has 0 saturated heterocycles. The van der Waals surface area contributed by atoms with Crippen LogP contribution < -0.4 is 4.90 Å². The number of benzene rings is 2. The minimum absolute atomic E-state index is 0.280. The molecule has 116 valence electrons. The summed E-state index contributed by atoms with van der Waals surface area (Å²) in [6.07, 6.45) is -0.357. The highest BCUT2D eigenvalue weighted by molar-refractivity contribution is 5.86. The fraction of sp³-hybridized carbons (Fsp3) is 0.278. The van der Waals surface area contributed by atoms with Gasteiger partial charge in [-0.3, -0.25) is 4.90 Å². The van der Waals surface area contributed by atoms with Crippen molar-refractivity contribution in [3.63, 3.8) is 0 Å². The molecule has 22 heavy (non-hydrogen) atoms. The Balaban J connectivity index is 1.92. The van der Waals surface area contributed by atoms with E-state index in [1.54, 1.807) is 7.05 Å². The second-order valence-electron chi connectivity index (χ2n) is 5.50. The molecule has 0 aliphatic heterocycles. The predicted molar refractivity (Wildman–Crippen MR) is 88.9 cm³/mol. The van der Waals surface area contributed by atoms with Crippen LogP contribution in [-0.4, -0.2) is 32.1 Å². The Labute approximate surface area is 131 Å². The van der Waals surface area contributed by atoms with Crippen molar-refractivity contribution in [3.05, 3.63) is 65.7 Å². The lowest BCUT2D eigenvalue weighted by atomic mass is 10.2. The first kappa shape index (κ1) is 16.0. The van der Waals surface area contributed by atoms with Crippen molar-refractivity contribution in [1.82, 2.24) is 4.90 Å². The van der Waals surface area contributed by atoms with Crippen LogP contribution in [0.2, 0.25) is 0 Å². The molecule has 0 bridgehead atoms. The fourth-order valence-electron chi connectivity index (χ4n) is 2.11. The minimum Gasteiger partial charge on any atom is -0.444 e. The van der Waals surface area contributed by atoms with E-state index in [4.69, 9.17) is 4.74 Å². The average Bonchev–Trinajstić information content (AvgIpc) is 2.53. The van der Waals surface area contributed by atoms with E-state index in [0.717, 1.165) is 17.8 Å². The summed E-state index contributed by atoms with van der Waals surface area (Å²) in [6, 6.07) is 17.6. The summed E-state index contributed by atoms with van der Waals surface area (Å²) in [5, 5.41) is 0. The Kier molecular flexibility index (Phi) is 5.55. The highest BCUT2D eigenvalue weighted by atomic mass is 16.6. The van der Waals surface area contributed by atoms with E-state index in [-0.39, 0.29) is 12.7 Å². The number of hydrogen-bond donors (Lipinski definition) is 0. The first-order valence-corrected chi connectivity index (χ1v) is 7.24. The van der Waals surface area contributed by atoms with Crippen LogP contribution in [0.4, 0.5) is 10.5 Å². The standard InChI is InChI=1S/C18H22N2O2/c1-19(2)13-15-9-11-17(12-10-15)20(3)18(21)22-14-16-7-5-4-6-8-16/h4-12H,13-14H2,1-3H3. The van der Waals surface area contributed by atoms with Crippen molar-refractivity contribution in [1.29, 1.82) is 0 Å². The van der Waals surface area contributed by atoms with E-state index in [1.807, 2.05) is 68.7 Å². The number of rotatable bonds is 5. The van der Waals surface area contributed by atoms with Gasteiger partial charge in [-0.25, -0.2) is 4.79 Å². The molecule has 2 aromatic carbocycles. The van der Waals surface area contributed by atoms with Crippen LogP contribution in [0, 0.1) is 0 Å². The van der Waals surface area contributed by atoms with Gasteiger partial charge in [-0.05, 0) is 37.4 Å². The third kappa shape index (κ3) is 4.60. The molecule has 1 amide bonds. The number of hydrogen-bond acceptors (Lipinski definition) is 3. The molecule has 0 aliphatic carbocycles. The lowest BCUT2D eigenvalue weighted by Crippen LogP contribution is -2.26.